The Bertz CT molecular complexity index is 567. The molecule has 0 saturated heterocycles. The standard InChI is InChI=1S/C13H13F4NO3/c1-12(2,11(20)21-3)18-10(19)7-4-5-9(14)8(6-7)13(15,16)17/h4-6H,1-3H3,(H,18,19). The molecule has 1 N–H and O–H groups in total. The molecule has 0 atom stereocenters. The molecule has 0 aliphatic heterocycles. The van der Waals surface area contributed by atoms with Crippen LogP contribution in [0.1, 0.15) is 29.8 Å². The van der Waals surface area contributed by atoms with Gasteiger partial charge in [-0.2, -0.15) is 13.2 Å². The molecular formula is C13H13F4NO3. The van der Waals surface area contributed by atoms with Gasteiger partial charge in [0.25, 0.3) is 5.91 Å². The summed E-state index contributed by atoms with van der Waals surface area (Å²) in [5, 5.41) is 2.22. The number of carbonyl (C=O) groups excluding carboxylic acids is 2. The first-order valence-corrected chi connectivity index (χ1v) is 5.76. The lowest BCUT2D eigenvalue weighted by molar-refractivity contribution is -0.146. The Kier molecular flexibility index (Phi) is 4.60. The van der Waals surface area contributed by atoms with Crippen LogP contribution < -0.4 is 5.32 Å². The molecule has 1 rings (SSSR count). The molecule has 116 valence electrons. The summed E-state index contributed by atoms with van der Waals surface area (Å²) in [6, 6.07) is 1.83. The molecule has 0 aromatic heterocycles. The highest BCUT2D eigenvalue weighted by molar-refractivity contribution is 5.98. The first kappa shape index (κ1) is 16.9. The maximum absolute atomic E-state index is 13.1. The summed E-state index contributed by atoms with van der Waals surface area (Å²) in [5.74, 6) is -3.20. The van der Waals surface area contributed by atoms with E-state index in [1.165, 1.54) is 13.8 Å². The number of carbonyl (C=O) groups is 2. The third-order valence-corrected chi connectivity index (χ3v) is 2.66. The molecule has 0 aliphatic rings. The molecule has 1 aromatic carbocycles. The average molecular weight is 307 g/mol. The van der Waals surface area contributed by atoms with Gasteiger partial charge in [0.05, 0.1) is 12.7 Å². The van der Waals surface area contributed by atoms with E-state index in [0.29, 0.717) is 12.1 Å². The number of hydrogen-bond acceptors (Lipinski definition) is 3. The maximum Gasteiger partial charge on any atom is 0.419 e. The van der Waals surface area contributed by atoms with Crippen molar-refractivity contribution in [2.24, 2.45) is 0 Å². The lowest BCUT2D eigenvalue weighted by Crippen LogP contribution is -2.50. The number of nitrogens with one attached hydrogen (secondary N) is 1. The Morgan fingerprint density at radius 1 is 1.19 bits per heavy atom. The SMILES string of the molecule is COC(=O)C(C)(C)NC(=O)c1ccc(F)c(C(F)(F)F)c1. The Balaban J connectivity index is 3.07. The fraction of sp³-hybridized carbons (Fsp3) is 0.385. The van der Waals surface area contributed by atoms with Crippen molar-refractivity contribution in [2.45, 2.75) is 25.6 Å². The third kappa shape index (κ3) is 3.93. The molecule has 4 nitrogen and oxygen atoms in total. The van der Waals surface area contributed by atoms with Crippen LogP contribution in [0, 0.1) is 5.82 Å². The van der Waals surface area contributed by atoms with E-state index in [9.17, 15) is 27.2 Å². The number of methoxy groups -OCH3 is 1. The minimum absolute atomic E-state index is 0.387. The van der Waals surface area contributed by atoms with Crippen LogP contribution in [0.2, 0.25) is 0 Å². The number of alkyl halides is 3. The Hall–Kier alpha value is -2.12. The van der Waals surface area contributed by atoms with Gasteiger partial charge in [0.1, 0.15) is 11.4 Å². The number of rotatable bonds is 3. The van der Waals surface area contributed by atoms with Crippen LogP contribution in [-0.4, -0.2) is 24.5 Å². The van der Waals surface area contributed by atoms with Gasteiger partial charge >= 0.3 is 12.1 Å². The van der Waals surface area contributed by atoms with Crippen LogP contribution in [0.5, 0.6) is 0 Å². The van der Waals surface area contributed by atoms with E-state index in [-0.39, 0.29) is 0 Å². The number of hydrogen-bond donors (Lipinski definition) is 1. The van der Waals surface area contributed by atoms with Gasteiger partial charge in [-0.3, -0.25) is 4.79 Å². The van der Waals surface area contributed by atoms with Gasteiger partial charge in [0.15, 0.2) is 0 Å². The molecule has 0 fully saturated rings. The van der Waals surface area contributed by atoms with E-state index in [2.05, 4.69) is 10.1 Å². The molecule has 0 aliphatic carbocycles. The quantitative estimate of drug-likeness (QED) is 0.689. The smallest absolute Gasteiger partial charge is 0.419 e. The van der Waals surface area contributed by atoms with Crippen molar-refractivity contribution in [3.8, 4) is 0 Å². The summed E-state index contributed by atoms with van der Waals surface area (Å²) in [6.07, 6.45) is -4.92. The molecule has 0 saturated carbocycles. The fourth-order valence-electron chi connectivity index (χ4n) is 1.55. The summed E-state index contributed by atoms with van der Waals surface area (Å²) in [7, 11) is 1.11. The number of esters is 1. The van der Waals surface area contributed by atoms with Crippen LogP contribution in [0.3, 0.4) is 0 Å². The number of benzene rings is 1. The van der Waals surface area contributed by atoms with Crippen LogP contribution in [0.15, 0.2) is 18.2 Å². The summed E-state index contributed by atoms with van der Waals surface area (Å²) in [4.78, 5) is 23.3. The topological polar surface area (TPSA) is 55.4 Å². The largest absolute Gasteiger partial charge is 0.467 e. The maximum atomic E-state index is 13.1. The van der Waals surface area contributed by atoms with E-state index in [1.807, 2.05) is 0 Å². The van der Waals surface area contributed by atoms with Gasteiger partial charge in [-0.25, -0.2) is 9.18 Å². The molecule has 0 spiro atoms. The van der Waals surface area contributed by atoms with Crippen LogP contribution in [0.25, 0.3) is 0 Å². The predicted octanol–water partition coefficient (Wildman–Crippen LogP) is 2.53. The summed E-state index contributed by atoms with van der Waals surface area (Å²) >= 11 is 0. The Labute approximate surface area is 118 Å². The van der Waals surface area contributed by atoms with E-state index in [0.717, 1.165) is 13.2 Å². The molecule has 1 amide bonds. The minimum atomic E-state index is -4.92. The summed E-state index contributed by atoms with van der Waals surface area (Å²) in [5.41, 5.74) is -3.40. The van der Waals surface area contributed by atoms with Crippen molar-refractivity contribution in [1.29, 1.82) is 0 Å². The molecule has 21 heavy (non-hydrogen) atoms. The highest BCUT2D eigenvalue weighted by atomic mass is 19.4. The van der Waals surface area contributed by atoms with Gasteiger partial charge in [-0.1, -0.05) is 0 Å². The van der Waals surface area contributed by atoms with Crippen LogP contribution in [0.4, 0.5) is 17.6 Å². The van der Waals surface area contributed by atoms with Gasteiger partial charge in [0.2, 0.25) is 0 Å². The Morgan fingerprint density at radius 3 is 2.24 bits per heavy atom. The van der Waals surface area contributed by atoms with E-state index >= 15 is 0 Å². The minimum Gasteiger partial charge on any atom is -0.467 e. The van der Waals surface area contributed by atoms with Crippen molar-refractivity contribution < 1.29 is 31.9 Å². The second-order valence-corrected chi connectivity index (χ2v) is 4.76. The zero-order valence-electron chi connectivity index (χ0n) is 11.5. The van der Waals surface area contributed by atoms with Crippen molar-refractivity contribution in [1.82, 2.24) is 5.32 Å². The molecule has 0 unspecified atom stereocenters. The number of halogens is 4. The zero-order chi connectivity index (χ0) is 16.4. The molecule has 0 radical (unpaired) electrons. The molecule has 0 heterocycles. The molecule has 1 aromatic rings. The number of amides is 1. The van der Waals surface area contributed by atoms with E-state index in [4.69, 9.17) is 0 Å². The summed E-state index contributed by atoms with van der Waals surface area (Å²) < 4.78 is 55.3. The number of ether oxygens (including phenoxy) is 1. The fourth-order valence-corrected chi connectivity index (χ4v) is 1.55. The Morgan fingerprint density at radius 2 is 1.76 bits per heavy atom. The third-order valence-electron chi connectivity index (χ3n) is 2.66. The highest BCUT2D eigenvalue weighted by Gasteiger charge is 2.36. The van der Waals surface area contributed by atoms with Crippen molar-refractivity contribution >= 4 is 11.9 Å². The zero-order valence-corrected chi connectivity index (χ0v) is 11.5. The first-order valence-electron chi connectivity index (χ1n) is 5.76. The van der Waals surface area contributed by atoms with Gasteiger partial charge < -0.3 is 10.1 Å². The van der Waals surface area contributed by atoms with Crippen molar-refractivity contribution in [3.05, 3.63) is 35.1 Å². The van der Waals surface area contributed by atoms with Crippen molar-refractivity contribution in [3.63, 3.8) is 0 Å². The molecular weight excluding hydrogens is 294 g/mol. The lowest BCUT2D eigenvalue weighted by atomic mass is 10.0. The second kappa shape index (κ2) is 5.71. The molecule has 0 bridgehead atoms. The van der Waals surface area contributed by atoms with Crippen molar-refractivity contribution in [2.75, 3.05) is 7.11 Å². The first-order chi connectivity index (χ1) is 9.49. The van der Waals surface area contributed by atoms with Crippen LogP contribution >= 0.6 is 0 Å². The predicted molar refractivity (Wildman–Crippen MR) is 65.0 cm³/mol. The van der Waals surface area contributed by atoms with E-state index < -0.39 is 40.5 Å². The monoisotopic (exact) mass is 307 g/mol. The van der Waals surface area contributed by atoms with Gasteiger partial charge in [-0.05, 0) is 32.0 Å². The molecule has 8 heteroatoms. The lowest BCUT2D eigenvalue weighted by Gasteiger charge is -2.23. The second-order valence-electron chi connectivity index (χ2n) is 4.76. The summed E-state index contributed by atoms with van der Waals surface area (Å²) in [6.45, 7) is 2.65. The van der Waals surface area contributed by atoms with Gasteiger partial charge in [-0.15, -0.1) is 0 Å². The van der Waals surface area contributed by atoms with Crippen LogP contribution in [-0.2, 0) is 15.7 Å². The average Bonchev–Trinajstić information content (AvgIpc) is 2.36. The normalized spacial score (nSPS) is 12.0. The van der Waals surface area contributed by atoms with Gasteiger partial charge in [0, 0.05) is 5.56 Å². The van der Waals surface area contributed by atoms with E-state index in [1.54, 1.807) is 0 Å². The highest BCUT2D eigenvalue weighted by Crippen LogP contribution is 2.31.